The number of halogens is 2. The monoisotopic (exact) mass is 971 g/mol. The predicted molar refractivity (Wildman–Crippen MR) is 247 cm³/mol. The van der Waals surface area contributed by atoms with Crippen molar-refractivity contribution >= 4 is 47.1 Å². The van der Waals surface area contributed by atoms with Crippen molar-refractivity contribution in [2.75, 3.05) is 31.7 Å². The zero-order valence-corrected chi connectivity index (χ0v) is 39.6. The Bertz CT molecular complexity index is 2130. The number of alkyl carbamates (subject to hydrolysis) is 1. The number of alkyl halides is 2. The molecule has 1 aliphatic heterocycles. The van der Waals surface area contributed by atoms with E-state index in [1.54, 1.807) is 51.1 Å². The van der Waals surface area contributed by atoms with Crippen LogP contribution in [0.5, 0.6) is 0 Å². The number of allylic oxidation sites excluding steroid dienone is 4. The number of ketones is 2. The Labute approximate surface area is 400 Å². The highest BCUT2D eigenvalue weighted by Crippen LogP contribution is 2.67. The van der Waals surface area contributed by atoms with Gasteiger partial charge in [0.15, 0.2) is 29.1 Å². The number of hydrogen-bond acceptors (Lipinski definition) is 13. The summed E-state index contributed by atoms with van der Waals surface area (Å²) in [5.74, 6) is -4.70. The van der Waals surface area contributed by atoms with E-state index in [0.717, 1.165) is 6.08 Å². The van der Waals surface area contributed by atoms with Crippen LogP contribution in [-0.2, 0) is 49.5 Å². The molecule has 19 nitrogen and oxygen atoms in total. The lowest BCUT2D eigenvalue weighted by Crippen LogP contribution is -2.65. The third-order valence-corrected chi connectivity index (χ3v) is 13.7. The highest BCUT2D eigenvalue weighted by molar-refractivity contribution is 6.01. The first kappa shape index (κ1) is 54.3. The average molecular weight is 972 g/mol. The number of carbonyl (C=O) groups excluding carboxylic acids is 7. The van der Waals surface area contributed by atoms with E-state index in [2.05, 4.69) is 33.2 Å². The number of primary amides is 1. The van der Waals surface area contributed by atoms with Crippen molar-refractivity contribution in [1.82, 2.24) is 21.3 Å². The van der Waals surface area contributed by atoms with Crippen molar-refractivity contribution in [1.29, 1.82) is 0 Å². The van der Waals surface area contributed by atoms with Gasteiger partial charge in [0, 0.05) is 23.6 Å². The Morgan fingerprint density at radius 3 is 2.46 bits per heavy atom. The SMILES string of the molecule is C=C[C@@]1(F)[C@@H](O)C[C@@]2(C)[C@@H](C[C@H]3OC(CCC)O[C@]32C(=O)COCNC(=O)CNC(=O)OCc2ccc(NC(=O)[C@H](CCCNC(N)=O)NC(=O)[C@@H](N)C(C)C)cc2)[C@@H]1C[C@H](F)C1=CC(=O)C=CC1. The quantitative estimate of drug-likeness (QED) is 0.0420. The summed E-state index contributed by atoms with van der Waals surface area (Å²) < 4.78 is 56.5. The zero-order chi connectivity index (χ0) is 50.7. The fourth-order valence-electron chi connectivity index (χ4n) is 9.93. The molecule has 10 N–H and O–H groups in total. The molecule has 0 spiro atoms. The van der Waals surface area contributed by atoms with Crippen LogP contribution < -0.4 is 38.1 Å². The highest BCUT2D eigenvalue weighted by atomic mass is 19.1. The number of fused-ring (bicyclic) bond motifs is 3. The number of carbonyl (C=O) groups is 7. The lowest BCUT2D eigenvalue weighted by atomic mass is 9.53. The van der Waals surface area contributed by atoms with E-state index in [0.29, 0.717) is 30.5 Å². The first-order valence-electron chi connectivity index (χ1n) is 23.3. The molecular formula is C48H67F2N7O12. The van der Waals surface area contributed by atoms with Crippen LogP contribution in [0.25, 0.3) is 0 Å². The molecule has 5 rings (SSSR count). The van der Waals surface area contributed by atoms with Gasteiger partial charge < -0.3 is 62.1 Å². The van der Waals surface area contributed by atoms with E-state index in [1.807, 2.05) is 6.92 Å². The molecule has 21 heteroatoms. The Balaban J connectivity index is 1.11. The van der Waals surface area contributed by atoms with E-state index in [-0.39, 0.29) is 62.5 Å². The number of benzene rings is 1. The van der Waals surface area contributed by atoms with E-state index in [4.69, 9.17) is 30.4 Å². The molecule has 4 aliphatic rings. The van der Waals surface area contributed by atoms with Crippen LogP contribution in [0.3, 0.4) is 0 Å². The number of aliphatic hydroxyl groups excluding tert-OH is 1. The van der Waals surface area contributed by atoms with Gasteiger partial charge in [0.1, 0.15) is 38.7 Å². The van der Waals surface area contributed by atoms with Gasteiger partial charge in [0.25, 0.3) is 0 Å². The van der Waals surface area contributed by atoms with Crippen LogP contribution in [0, 0.1) is 23.2 Å². The molecule has 11 atom stereocenters. The van der Waals surface area contributed by atoms with Gasteiger partial charge in [0.05, 0.1) is 18.2 Å². The van der Waals surface area contributed by atoms with E-state index < -0.39 is 121 Å². The van der Waals surface area contributed by atoms with Crippen LogP contribution in [0.15, 0.2) is 60.7 Å². The lowest BCUT2D eigenvalue weighted by Gasteiger charge is -2.55. The number of rotatable bonds is 24. The molecule has 69 heavy (non-hydrogen) atoms. The van der Waals surface area contributed by atoms with Crippen molar-refractivity contribution in [3.63, 3.8) is 0 Å². The summed E-state index contributed by atoms with van der Waals surface area (Å²) in [6.45, 7) is 9.30. The van der Waals surface area contributed by atoms with Crippen molar-refractivity contribution in [2.24, 2.45) is 34.6 Å². The van der Waals surface area contributed by atoms with Crippen LogP contribution in [0.2, 0.25) is 0 Å². The molecule has 380 valence electrons. The molecule has 1 unspecified atom stereocenters. The first-order chi connectivity index (χ1) is 32.7. The second-order valence-electron chi connectivity index (χ2n) is 18.6. The molecule has 2 saturated carbocycles. The second kappa shape index (κ2) is 23.8. The van der Waals surface area contributed by atoms with Crippen LogP contribution in [-0.4, -0.2) is 121 Å². The summed E-state index contributed by atoms with van der Waals surface area (Å²) in [6, 6.07) is 3.79. The van der Waals surface area contributed by atoms with Gasteiger partial charge in [-0.2, -0.15) is 0 Å². The van der Waals surface area contributed by atoms with Crippen molar-refractivity contribution in [3.05, 3.63) is 66.3 Å². The summed E-state index contributed by atoms with van der Waals surface area (Å²) in [6.07, 6.45) is 0.391. The number of nitrogens with one attached hydrogen (secondary N) is 5. The molecule has 1 saturated heterocycles. The van der Waals surface area contributed by atoms with Gasteiger partial charge in [-0.25, -0.2) is 18.4 Å². The Kier molecular flexibility index (Phi) is 18.7. The van der Waals surface area contributed by atoms with E-state index in [1.165, 1.54) is 12.2 Å². The molecule has 3 aliphatic carbocycles. The average Bonchev–Trinajstić information content (AvgIpc) is 3.79. The number of aliphatic hydroxyl groups is 1. The first-order valence-corrected chi connectivity index (χ1v) is 23.3. The van der Waals surface area contributed by atoms with Crippen LogP contribution >= 0.6 is 0 Å². The standard InChI is InChI=1S/C48H67F2N7O12/c1-6-10-40-68-38-21-32-33(20-34(49)29-11-8-12-31(58)19-29)47(50,7-2)36(59)22-46(32,5)48(38,69-40)37(60)25-66-26-55-39(61)23-54-45(65)67-24-28-14-16-30(17-15-28)56-42(62)35(13-9-18-53-44(52)64)57-43(63)41(51)27(3)4/h7-8,12,14-17,19,27,32-36,38,40-41,59H,2,6,9-11,13,18,20-26,51H2,1,3-5H3,(H,54,65)(H,55,61)(H,56,62)(H,57,63)(H3,52,53,64)/t32-,33-,34-,35-,36-,38+,40?,41-,46-,47-,48+/m0/s1. The van der Waals surface area contributed by atoms with Gasteiger partial charge in [-0.05, 0) is 92.2 Å². The maximum absolute atomic E-state index is 16.9. The number of Topliss-reactive ketones (excluding diaryl/α,β-unsaturated/α-hetero) is 1. The number of amides is 6. The maximum Gasteiger partial charge on any atom is 0.407 e. The number of nitrogens with two attached hydrogens (primary N) is 2. The van der Waals surface area contributed by atoms with Crippen LogP contribution in [0.4, 0.5) is 24.1 Å². The summed E-state index contributed by atoms with van der Waals surface area (Å²) in [7, 11) is 0. The summed E-state index contributed by atoms with van der Waals surface area (Å²) in [4.78, 5) is 88.3. The van der Waals surface area contributed by atoms with Gasteiger partial charge in [0.2, 0.25) is 17.7 Å². The summed E-state index contributed by atoms with van der Waals surface area (Å²) in [5, 5.41) is 24.0. The normalized spacial score (nSPS) is 28.3. The maximum atomic E-state index is 16.9. The second-order valence-corrected chi connectivity index (χ2v) is 18.6. The van der Waals surface area contributed by atoms with E-state index >= 15 is 8.78 Å². The Hall–Kier alpha value is -5.61. The molecule has 1 heterocycles. The molecule has 6 amide bonds. The lowest BCUT2D eigenvalue weighted by molar-refractivity contribution is -0.205. The third kappa shape index (κ3) is 12.8. The number of urea groups is 1. The van der Waals surface area contributed by atoms with Gasteiger partial charge in [-0.15, -0.1) is 0 Å². The van der Waals surface area contributed by atoms with Crippen molar-refractivity contribution in [2.45, 2.75) is 134 Å². The number of ether oxygens (including phenoxy) is 4. The molecule has 3 fully saturated rings. The largest absolute Gasteiger partial charge is 0.445 e. The molecule has 0 radical (unpaired) electrons. The smallest absolute Gasteiger partial charge is 0.407 e. The highest BCUT2D eigenvalue weighted by Gasteiger charge is 2.76. The van der Waals surface area contributed by atoms with Gasteiger partial charge in [-0.3, -0.25) is 24.0 Å². The minimum Gasteiger partial charge on any atom is -0.445 e. The summed E-state index contributed by atoms with van der Waals surface area (Å²) in [5.41, 5.74) is 6.79. The zero-order valence-electron chi connectivity index (χ0n) is 39.6. The Morgan fingerprint density at radius 2 is 1.81 bits per heavy atom. The van der Waals surface area contributed by atoms with Gasteiger partial charge >= 0.3 is 12.1 Å². The van der Waals surface area contributed by atoms with Crippen molar-refractivity contribution in [3.8, 4) is 0 Å². The fourth-order valence-corrected chi connectivity index (χ4v) is 9.93. The minimum atomic E-state index is -2.42. The minimum absolute atomic E-state index is 0.116. The Morgan fingerprint density at radius 1 is 1.09 bits per heavy atom. The molecule has 0 aromatic heterocycles. The fraction of sp³-hybridized carbons (Fsp3) is 0.604. The number of hydrogen-bond donors (Lipinski definition) is 8. The topological polar surface area (TPSA) is 289 Å². The van der Waals surface area contributed by atoms with Gasteiger partial charge in [-0.1, -0.05) is 65.0 Å². The third-order valence-electron chi connectivity index (χ3n) is 13.7. The number of anilines is 1. The molecule has 0 bridgehead atoms. The molecule has 1 aromatic carbocycles. The predicted octanol–water partition coefficient (Wildman–Crippen LogP) is 3.19. The molecular weight excluding hydrogens is 905 g/mol. The van der Waals surface area contributed by atoms with Crippen LogP contribution in [0.1, 0.15) is 84.6 Å². The van der Waals surface area contributed by atoms with E-state index in [9.17, 15) is 38.7 Å². The molecule has 1 aromatic rings. The summed E-state index contributed by atoms with van der Waals surface area (Å²) >= 11 is 0. The van der Waals surface area contributed by atoms with Crippen molar-refractivity contribution < 1.29 is 66.4 Å².